The zero-order valence-corrected chi connectivity index (χ0v) is 13.5. The molecular weight excluding hydrogens is 266 g/mol. The fourth-order valence-electron chi connectivity index (χ4n) is 3.94. The fraction of sp³-hybridized carbons (Fsp3) is 1.00. The van der Waals surface area contributed by atoms with Crippen LogP contribution in [0.15, 0.2) is 0 Å². The van der Waals surface area contributed by atoms with Gasteiger partial charge in [0.05, 0.1) is 18.8 Å². The van der Waals surface area contributed by atoms with E-state index in [1.807, 2.05) is 0 Å². The van der Waals surface area contributed by atoms with E-state index in [0.717, 1.165) is 45.3 Å². The van der Waals surface area contributed by atoms with Crippen LogP contribution in [-0.2, 0) is 4.74 Å². The molecular formula is C17H33NO3. The second-order valence-corrected chi connectivity index (χ2v) is 6.80. The second kappa shape index (κ2) is 9.09. The van der Waals surface area contributed by atoms with E-state index < -0.39 is 6.10 Å². The summed E-state index contributed by atoms with van der Waals surface area (Å²) in [6.45, 7) is 5.08. The van der Waals surface area contributed by atoms with Crippen molar-refractivity contribution >= 4 is 0 Å². The van der Waals surface area contributed by atoms with Crippen LogP contribution in [-0.4, -0.2) is 59.7 Å². The van der Waals surface area contributed by atoms with Crippen LogP contribution in [0.1, 0.15) is 58.3 Å². The van der Waals surface area contributed by atoms with Gasteiger partial charge in [0.2, 0.25) is 0 Å². The van der Waals surface area contributed by atoms with Crippen LogP contribution in [0.4, 0.5) is 0 Å². The van der Waals surface area contributed by atoms with E-state index in [-0.39, 0.29) is 6.10 Å². The minimum Gasteiger partial charge on any atom is -0.393 e. The van der Waals surface area contributed by atoms with Crippen molar-refractivity contribution in [1.82, 2.24) is 4.90 Å². The monoisotopic (exact) mass is 299 g/mol. The molecule has 4 atom stereocenters. The quantitative estimate of drug-likeness (QED) is 0.675. The Balaban J connectivity index is 1.78. The molecule has 4 nitrogen and oxygen atoms in total. The van der Waals surface area contributed by atoms with Crippen LogP contribution in [0, 0.1) is 5.92 Å². The first-order valence-electron chi connectivity index (χ1n) is 8.90. The summed E-state index contributed by atoms with van der Waals surface area (Å²) < 4.78 is 5.53. The zero-order chi connectivity index (χ0) is 15.1. The summed E-state index contributed by atoms with van der Waals surface area (Å²) in [5.41, 5.74) is 0. The number of β-amino-alcohol motifs (C(OH)–C–C–N with tert-alkyl or cyclic N) is 1. The maximum Gasteiger partial charge on any atom is 0.0900 e. The van der Waals surface area contributed by atoms with Gasteiger partial charge in [0.25, 0.3) is 0 Å². The van der Waals surface area contributed by atoms with E-state index in [1.165, 1.54) is 19.3 Å². The van der Waals surface area contributed by atoms with Gasteiger partial charge in [-0.3, -0.25) is 4.90 Å². The number of hydrogen-bond acceptors (Lipinski definition) is 4. The molecule has 0 aromatic carbocycles. The third kappa shape index (κ3) is 5.20. The lowest BCUT2D eigenvalue weighted by Crippen LogP contribution is -2.49. The van der Waals surface area contributed by atoms with Gasteiger partial charge in [0, 0.05) is 25.1 Å². The molecule has 0 radical (unpaired) electrons. The molecule has 2 aliphatic rings. The van der Waals surface area contributed by atoms with Gasteiger partial charge in [0.1, 0.15) is 0 Å². The molecule has 1 aliphatic carbocycles. The first kappa shape index (κ1) is 17.2. The van der Waals surface area contributed by atoms with E-state index in [4.69, 9.17) is 4.74 Å². The van der Waals surface area contributed by atoms with Gasteiger partial charge < -0.3 is 14.9 Å². The van der Waals surface area contributed by atoms with E-state index in [1.54, 1.807) is 0 Å². The third-order valence-electron chi connectivity index (χ3n) is 5.09. The first-order valence-corrected chi connectivity index (χ1v) is 8.90. The van der Waals surface area contributed by atoms with Crippen molar-refractivity contribution in [3.63, 3.8) is 0 Å². The number of aliphatic hydroxyl groups is 2. The van der Waals surface area contributed by atoms with E-state index in [0.29, 0.717) is 25.1 Å². The van der Waals surface area contributed by atoms with Crippen LogP contribution in [0.25, 0.3) is 0 Å². The highest BCUT2D eigenvalue weighted by atomic mass is 16.5. The van der Waals surface area contributed by atoms with Crippen molar-refractivity contribution in [2.45, 2.75) is 76.5 Å². The third-order valence-corrected chi connectivity index (χ3v) is 5.09. The normalized spacial score (nSPS) is 32.4. The summed E-state index contributed by atoms with van der Waals surface area (Å²) in [7, 11) is 0. The molecule has 0 aromatic heterocycles. The molecule has 1 heterocycles. The lowest BCUT2D eigenvalue weighted by atomic mass is 9.87. The Kier molecular flexibility index (Phi) is 7.44. The lowest BCUT2D eigenvalue weighted by molar-refractivity contribution is -0.0198. The molecule has 21 heavy (non-hydrogen) atoms. The first-order chi connectivity index (χ1) is 10.2. The number of nitrogens with zero attached hydrogens (tertiary/aromatic N) is 1. The average Bonchev–Trinajstić information content (AvgIpc) is 2.90. The molecule has 0 aromatic rings. The van der Waals surface area contributed by atoms with Gasteiger partial charge >= 0.3 is 0 Å². The minimum absolute atomic E-state index is 0.131. The Hall–Kier alpha value is -0.160. The van der Waals surface area contributed by atoms with Gasteiger partial charge in [-0.1, -0.05) is 26.2 Å². The van der Waals surface area contributed by atoms with Crippen molar-refractivity contribution < 1.29 is 14.9 Å². The van der Waals surface area contributed by atoms with Crippen LogP contribution in [0.5, 0.6) is 0 Å². The molecule has 0 spiro atoms. The number of piperidine rings is 1. The summed E-state index contributed by atoms with van der Waals surface area (Å²) in [4.78, 5) is 2.41. The van der Waals surface area contributed by atoms with Gasteiger partial charge in [0.15, 0.2) is 0 Å². The maximum atomic E-state index is 10.2. The van der Waals surface area contributed by atoms with Crippen LogP contribution in [0.2, 0.25) is 0 Å². The minimum atomic E-state index is -0.402. The number of ether oxygens (including phenoxy) is 1. The molecule has 2 N–H and O–H groups in total. The molecule has 0 amide bonds. The Morgan fingerprint density at radius 2 is 2.05 bits per heavy atom. The van der Waals surface area contributed by atoms with Crippen LogP contribution >= 0.6 is 0 Å². The Labute approximate surface area is 129 Å². The molecule has 1 saturated carbocycles. The molecule has 1 saturated heterocycles. The largest absolute Gasteiger partial charge is 0.393 e. The second-order valence-electron chi connectivity index (χ2n) is 6.80. The average molecular weight is 299 g/mol. The molecule has 1 aliphatic heterocycles. The van der Waals surface area contributed by atoms with Crippen LogP contribution in [0.3, 0.4) is 0 Å². The highest BCUT2D eigenvalue weighted by molar-refractivity contribution is 4.90. The van der Waals surface area contributed by atoms with E-state index >= 15 is 0 Å². The highest BCUT2D eigenvalue weighted by Crippen LogP contribution is 2.35. The van der Waals surface area contributed by atoms with Crippen molar-refractivity contribution in [1.29, 1.82) is 0 Å². The molecule has 2 fully saturated rings. The Bertz CT molecular complexity index is 287. The van der Waals surface area contributed by atoms with Crippen molar-refractivity contribution in [2.75, 3.05) is 26.3 Å². The van der Waals surface area contributed by atoms with Gasteiger partial charge in [-0.25, -0.2) is 0 Å². The number of unbranched alkanes of at least 4 members (excludes halogenated alkanes) is 1. The standard InChI is InChI=1S/C17H33NO3/c1-2-3-11-21-13-14(19)12-18-10-5-4-8-16(18)15-7-6-9-17(15)20/h14-17,19-20H,2-13H2,1H3. The summed E-state index contributed by atoms with van der Waals surface area (Å²) in [5.74, 6) is 0.415. The maximum absolute atomic E-state index is 10.2. The van der Waals surface area contributed by atoms with Crippen molar-refractivity contribution in [3.05, 3.63) is 0 Å². The SMILES string of the molecule is CCCCOCC(O)CN1CCCCC1C1CCCC1O. The summed E-state index contributed by atoms with van der Waals surface area (Å²) in [5, 5.41) is 20.4. The molecule has 124 valence electrons. The van der Waals surface area contributed by atoms with Gasteiger partial charge in [-0.15, -0.1) is 0 Å². The Morgan fingerprint density at radius 1 is 1.19 bits per heavy atom. The molecule has 0 bridgehead atoms. The number of aliphatic hydroxyl groups excluding tert-OH is 2. The smallest absolute Gasteiger partial charge is 0.0900 e. The number of likely N-dealkylation sites (tertiary alicyclic amines) is 1. The topological polar surface area (TPSA) is 52.9 Å². The van der Waals surface area contributed by atoms with Gasteiger partial charge in [-0.05, 0) is 38.6 Å². The molecule has 4 unspecified atom stereocenters. The van der Waals surface area contributed by atoms with E-state index in [9.17, 15) is 10.2 Å². The lowest BCUT2D eigenvalue weighted by Gasteiger charge is -2.41. The highest BCUT2D eigenvalue weighted by Gasteiger charge is 2.37. The number of rotatable bonds is 8. The number of hydrogen-bond donors (Lipinski definition) is 2. The summed E-state index contributed by atoms with van der Waals surface area (Å²) in [6.07, 6.45) is 8.55. The molecule has 4 heteroatoms. The van der Waals surface area contributed by atoms with Crippen molar-refractivity contribution in [2.24, 2.45) is 5.92 Å². The summed E-state index contributed by atoms with van der Waals surface area (Å²) in [6, 6.07) is 0.460. The van der Waals surface area contributed by atoms with Gasteiger partial charge in [-0.2, -0.15) is 0 Å². The fourth-order valence-corrected chi connectivity index (χ4v) is 3.94. The molecule has 2 rings (SSSR count). The summed E-state index contributed by atoms with van der Waals surface area (Å²) >= 11 is 0. The zero-order valence-electron chi connectivity index (χ0n) is 13.5. The predicted octanol–water partition coefficient (Wildman–Crippen LogP) is 2.18. The van der Waals surface area contributed by atoms with Crippen molar-refractivity contribution in [3.8, 4) is 0 Å². The van der Waals surface area contributed by atoms with E-state index in [2.05, 4.69) is 11.8 Å². The Morgan fingerprint density at radius 3 is 2.76 bits per heavy atom. The van der Waals surface area contributed by atoms with Crippen LogP contribution < -0.4 is 0 Å². The predicted molar refractivity (Wildman–Crippen MR) is 84.3 cm³/mol.